The second-order valence-electron chi connectivity index (χ2n) is 2.95. The van der Waals surface area contributed by atoms with Crippen molar-refractivity contribution in [3.05, 3.63) is 34.1 Å². The third kappa shape index (κ3) is 2.54. The molecule has 0 radical (unpaired) electrons. The van der Waals surface area contributed by atoms with Crippen LogP contribution in [0.15, 0.2) is 22.7 Å². The van der Waals surface area contributed by atoms with Crippen LogP contribution in [-0.4, -0.2) is 19.6 Å². The molecule has 0 bridgehead atoms. The first-order chi connectivity index (χ1) is 7.11. The minimum absolute atomic E-state index is 0.0781. The van der Waals surface area contributed by atoms with E-state index in [4.69, 9.17) is 5.73 Å². The van der Waals surface area contributed by atoms with E-state index in [0.717, 1.165) is 0 Å². The van der Waals surface area contributed by atoms with Crippen molar-refractivity contribution in [2.24, 2.45) is 5.73 Å². The van der Waals surface area contributed by atoms with Crippen molar-refractivity contribution in [1.29, 1.82) is 0 Å². The Morgan fingerprint density at radius 1 is 1.67 bits per heavy atom. The van der Waals surface area contributed by atoms with Crippen molar-refractivity contribution in [1.82, 2.24) is 0 Å². The highest BCUT2D eigenvalue weighted by Crippen LogP contribution is 2.27. The minimum atomic E-state index is -0.639. The number of carbonyl (C=O) groups is 1. The van der Waals surface area contributed by atoms with Crippen LogP contribution in [0, 0.1) is 5.82 Å². The molecule has 1 rings (SSSR count). The molecule has 2 N–H and O–H groups in total. The average Bonchev–Trinajstić information content (AvgIpc) is 2.24. The second kappa shape index (κ2) is 5.23. The molecule has 0 aromatic heterocycles. The third-order valence-corrected chi connectivity index (χ3v) is 2.91. The van der Waals surface area contributed by atoms with Gasteiger partial charge in [-0.2, -0.15) is 0 Å². The Bertz CT molecular complexity index is 370. The van der Waals surface area contributed by atoms with Crippen LogP contribution >= 0.6 is 15.9 Å². The fourth-order valence-electron chi connectivity index (χ4n) is 1.28. The smallest absolute Gasteiger partial charge is 0.314 e. The Morgan fingerprint density at radius 2 is 2.33 bits per heavy atom. The predicted molar refractivity (Wildman–Crippen MR) is 57.9 cm³/mol. The van der Waals surface area contributed by atoms with Crippen LogP contribution in [0.4, 0.5) is 4.39 Å². The molecule has 0 saturated carbocycles. The molecule has 1 aromatic carbocycles. The topological polar surface area (TPSA) is 52.3 Å². The summed E-state index contributed by atoms with van der Waals surface area (Å²) in [5, 5.41) is 0. The van der Waals surface area contributed by atoms with Gasteiger partial charge in [0.2, 0.25) is 0 Å². The summed E-state index contributed by atoms with van der Waals surface area (Å²) in [6.45, 7) is 0.0781. The fraction of sp³-hybridized carbons (Fsp3) is 0.300. The molecule has 0 fully saturated rings. The molecule has 1 aromatic rings. The Hall–Kier alpha value is -0.940. The Labute approximate surface area is 95.5 Å². The van der Waals surface area contributed by atoms with Crippen molar-refractivity contribution in [3.63, 3.8) is 0 Å². The quantitative estimate of drug-likeness (QED) is 0.856. The van der Waals surface area contributed by atoms with E-state index in [2.05, 4.69) is 20.7 Å². The van der Waals surface area contributed by atoms with Gasteiger partial charge in [-0.3, -0.25) is 4.79 Å². The SMILES string of the molecule is COC(=O)C(CN)c1cccc(F)c1Br. The van der Waals surface area contributed by atoms with E-state index in [-0.39, 0.29) is 11.0 Å². The summed E-state index contributed by atoms with van der Waals surface area (Å²) in [7, 11) is 1.28. The molecular formula is C10H11BrFNO2. The molecule has 0 spiro atoms. The van der Waals surface area contributed by atoms with E-state index in [0.29, 0.717) is 5.56 Å². The number of benzene rings is 1. The molecule has 0 aliphatic rings. The number of nitrogens with two attached hydrogens (primary N) is 1. The lowest BCUT2D eigenvalue weighted by molar-refractivity contribution is -0.142. The summed E-state index contributed by atoms with van der Waals surface area (Å²) in [5.41, 5.74) is 5.96. The monoisotopic (exact) mass is 275 g/mol. The van der Waals surface area contributed by atoms with Crippen molar-refractivity contribution >= 4 is 21.9 Å². The van der Waals surface area contributed by atoms with Gasteiger partial charge < -0.3 is 10.5 Å². The molecule has 1 atom stereocenters. The highest BCUT2D eigenvalue weighted by atomic mass is 79.9. The van der Waals surface area contributed by atoms with Crippen LogP contribution < -0.4 is 5.73 Å². The Morgan fingerprint density at radius 3 is 2.87 bits per heavy atom. The number of carbonyl (C=O) groups excluding carboxylic acids is 1. The van der Waals surface area contributed by atoms with E-state index in [1.165, 1.54) is 19.2 Å². The van der Waals surface area contributed by atoms with Gasteiger partial charge in [0, 0.05) is 6.54 Å². The molecule has 0 amide bonds. The molecule has 82 valence electrons. The molecule has 0 aliphatic heterocycles. The van der Waals surface area contributed by atoms with E-state index < -0.39 is 17.7 Å². The summed E-state index contributed by atoms with van der Waals surface area (Å²) in [4.78, 5) is 11.4. The maximum atomic E-state index is 13.2. The van der Waals surface area contributed by atoms with E-state index in [9.17, 15) is 9.18 Å². The molecule has 0 saturated heterocycles. The number of halogens is 2. The number of hydrogen-bond donors (Lipinski definition) is 1. The summed E-state index contributed by atoms with van der Waals surface area (Å²) in [6, 6.07) is 4.47. The fourth-order valence-corrected chi connectivity index (χ4v) is 1.82. The van der Waals surface area contributed by atoms with Gasteiger partial charge in [0.1, 0.15) is 5.82 Å². The zero-order chi connectivity index (χ0) is 11.4. The third-order valence-electron chi connectivity index (χ3n) is 2.08. The van der Waals surface area contributed by atoms with Crippen LogP contribution in [0.2, 0.25) is 0 Å². The number of ether oxygens (including phenoxy) is 1. The predicted octanol–water partition coefficient (Wildman–Crippen LogP) is 1.80. The molecule has 3 nitrogen and oxygen atoms in total. The first kappa shape index (κ1) is 12.1. The highest BCUT2D eigenvalue weighted by Gasteiger charge is 2.23. The first-order valence-corrected chi connectivity index (χ1v) is 5.13. The van der Waals surface area contributed by atoms with Gasteiger partial charge in [0.05, 0.1) is 17.5 Å². The maximum absolute atomic E-state index is 13.2. The zero-order valence-electron chi connectivity index (χ0n) is 8.17. The van der Waals surface area contributed by atoms with Gasteiger partial charge in [-0.25, -0.2) is 4.39 Å². The van der Waals surface area contributed by atoms with Crippen LogP contribution in [-0.2, 0) is 9.53 Å². The number of methoxy groups -OCH3 is 1. The highest BCUT2D eigenvalue weighted by molar-refractivity contribution is 9.10. The largest absolute Gasteiger partial charge is 0.469 e. The lowest BCUT2D eigenvalue weighted by atomic mass is 9.99. The van der Waals surface area contributed by atoms with Crippen LogP contribution in [0.25, 0.3) is 0 Å². The van der Waals surface area contributed by atoms with E-state index in [1.807, 2.05) is 0 Å². The number of hydrogen-bond acceptors (Lipinski definition) is 3. The molecule has 5 heteroatoms. The number of esters is 1. The summed E-state index contributed by atoms with van der Waals surface area (Å²) in [5.74, 6) is -1.53. The maximum Gasteiger partial charge on any atom is 0.314 e. The van der Waals surface area contributed by atoms with Crippen molar-refractivity contribution in [2.45, 2.75) is 5.92 Å². The van der Waals surface area contributed by atoms with Crippen LogP contribution in [0.1, 0.15) is 11.5 Å². The summed E-state index contributed by atoms with van der Waals surface area (Å²) in [6.07, 6.45) is 0. The van der Waals surface area contributed by atoms with Gasteiger partial charge in [0.25, 0.3) is 0 Å². The van der Waals surface area contributed by atoms with Crippen LogP contribution in [0.5, 0.6) is 0 Å². The summed E-state index contributed by atoms with van der Waals surface area (Å²) >= 11 is 3.08. The Kier molecular flexibility index (Phi) is 4.23. The molecule has 0 heterocycles. The van der Waals surface area contributed by atoms with E-state index in [1.54, 1.807) is 6.07 Å². The van der Waals surface area contributed by atoms with Gasteiger partial charge in [-0.15, -0.1) is 0 Å². The second-order valence-corrected chi connectivity index (χ2v) is 3.75. The summed E-state index contributed by atoms with van der Waals surface area (Å²) < 4.78 is 18.0. The minimum Gasteiger partial charge on any atom is -0.469 e. The van der Waals surface area contributed by atoms with E-state index >= 15 is 0 Å². The lowest BCUT2D eigenvalue weighted by Crippen LogP contribution is -2.23. The number of rotatable bonds is 3. The lowest BCUT2D eigenvalue weighted by Gasteiger charge is -2.14. The van der Waals surface area contributed by atoms with Crippen molar-refractivity contribution in [3.8, 4) is 0 Å². The molecular weight excluding hydrogens is 265 g/mol. The standard InChI is InChI=1S/C10H11BrFNO2/c1-15-10(14)7(5-13)6-3-2-4-8(12)9(6)11/h2-4,7H,5,13H2,1H3. The molecule has 0 aliphatic carbocycles. The first-order valence-electron chi connectivity index (χ1n) is 4.33. The van der Waals surface area contributed by atoms with Gasteiger partial charge in [-0.1, -0.05) is 12.1 Å². The zero-order valence-corrected chi connectivity index (χ0v) is 9.75. The normalized spacial score (nSPS) is 12.3. The molecule has 15 heavy (non-hydrogen) atoms. The van der Waals surface area contributed by atoms with Gasteiger partial charge in [0.15, 0.2) is 0 Å². The van der Waals surface area contributed by atoms with Crippen molar-refractivity contribution < 1.29 is 13.9 Å². The van der Waals surface area contributed by atoms with Gasteiger partial charge >= 0.3 is 5.97 Å². The van der Waals surface area contributed by atoms with Gasteiger partial charge in [-0.05, 0) is 27.6 Å². The van der Waals surface area contributed by atoms with Crippen LogP contribution in [0.3, 0.4) is 0 Å². The Balaban J connectivity index is 3.12. The average molecular weight is 276 g/mol. The molecule has 1 unspecified atom stereocenters. The van der Waals surface area contributed by atoms with Crippen molar-refractivity contribution in [2.75, 3.05) is 13.7 Å².